The van der Waals surface area contributed by atoms with Gasteiger partial charge in [0.05, 0.1) is 12.2 Å². The van der Waals surface area contributed by atoms with Crippen LogP contribution >= 0.6 is 0 Å². The monoisotopic (exact) mass is 347 g/mol. The molecule has 0 bridgehead atoms. The van der Waals surface area contributed by atoms with Crippen LogP contribution in [-0.2, 0) is 0 Å². The molecular formula is C20H21N5O. The number of hydrogen-bond acceptors (Lipinski definition) is 3. The Morgan fingerprint density at radius 1 is 1.12 bits per heavy atom. The van der Waals surface area contributed by atoms with E-state index in [0.717, 1.165) is 16.7 Å². The highest BCUT2D eigenvalue weighted by atomic mass is 16.2. The third-order valence-corrected chi connectivity index (χ3v) is 4.22. The van der Waals surface area contributed by atoms with Gasteiger partial charge in [0.1, 0.15) is 5.84 Å². The molecule has 0 aliphatic carbocycles. The quantitative estimate of drug-likeness (QED) is 0.473. The highest BCUT2D eigenvalue weighted by Crippen LogP contribution is 2.23. The summed E-state index contributed by atoms with van der Waals surface area (Å²) in [7, 11) is 0. The summed E-state index contributed by atoms with van der Waals surface area (Å²) in [6.45, 7) is 3.52. The summed E-state index contributed by atoms with van der Waals surface area (Å²) in [6, 6.07) is 16.6. The van der Waals surface area contributed by atoms with Crippen LogP contribution in [0.2, 0.25) is 0 Å². The molecule has 0 saturated heterocycles. The SMILES string of the molecule is CC(=N)N(C(=O)Nc1ccc(-c2cn[nH]c2)cc1)C(C)c1ccccc1. The fourth-order valence-corrected chi connectivity index (χ4v) is 2.84. The van der Waals surface area contributed by atoms with Crippen LogP contribution in [0.3, 0.4) is 0 Å². The minimum absolute atomic E-state index is 0.189. The van der Waals surface area contributed by atoms with E-state index in [1.54, 1.807) is 13.1 Å². The van der Waals surface area contributed by atoms with Gasteiger partial charge in [-0.1, -0.05) is 42.5 Å². The van der Waals surface area contributed by atoms with Crippen LogP contribution in [0.1, 0.15) is 25.5 Å². The molecule has 0 fully saturated rings. The summed E-state index contributed by atoms with van der Waals surface area (Å²) in [6.07, 6.45) is 3.56. The smallest absolute Gasteiger partial charge is 0.307 e. The number of anilines is 1. The highest BCUT2D eigenvalue weighted by Gasteiger charge is 2.23. The third kappa shape index (κ3) is 3.80. The molecule has 1 heterocycles. The average molecular weight is 347 g/mol. The lowest BCUT2D eigenvalue weighted by Gasteiger charge is -2.28. The Hall–Kier alpha value is -3.41. The average Bonchev–Trinajstić information content (AvgIpc) is 3.17. The number of rotatable bonds is 4. The highest BCUT2D eigenvalue weighted by molar-refractivity contribution is 6.01. The summed E-state index contributed by atoms with van der Waals surface area (Å²) in [5.74, 6) is 0.189. The zero-order valence-corrected chi connectivity index (χ0v) is 14.7. The van der Waals surface area contributed by atoms with Crippen molar-refractivity contribution in [1.82, 2.24) is 15.1 Å². The molecule has 0 aliphatic heterocycles. The summed E-state index contributed by atoms with van der Waals surface area (Å²) < 4.78 is 0. The van der Waals surface area contributed by atoms with Gasteiger partial charge in [-0.05, 0) is 37.1 Å². The lowest BCUT2D eigenvalue weighted by molar-refractivity contribution is 0.224. The largest absolute Gasteiger partial charge is 0.327 e. The standard InChI is InChI=1S/C20H21N5O/c1-14(16-6-4-3-5-7-16)25(15(2)21)20(26)24-19-10-8-17(9-11-19)18-12-22-23-13-18/h3-14,21H,1-2H3,(H,22,23)(H,24,26). The molecule has 0 saturated carbocycles. The number of benzene rings is 2. The van der Waals surface area contributed by atoms with Crippen molar-refractivity contribution in [1.29, 1.82) is 5.41 Å². The van der Waals surface area contributed by atoms with Crippen LogP contribution in [0, 0.1) is 5.41 Å². The number of H-pyrrole nitrogens is 1. The Balaban J connectivity index is 1.75. The molecule has 3 rings (SSSR count). The second-order valence-electron chi connectivity index (χ2n) is 6.04. The number of amides is 2. The van der Waals surface area contributed by atoms with E-state index in [0.29, 0.717) is 5.69 Å². The molecule has 0 radical (unpaired) electrons. The molecule has 26 heavy (non-hydrogen) atoms. The van der Waals surface area contributed by atoms with Gasteiger partial charge in [0.2, 0.25) is 0 Å². The van der Waals surface area contributed by atoms with Gasteiger partial charge in [-0.25, -0.2) is 4.79 Å². The molecular weight excluding hydrogens is 326 g/mol. The van der Waals surface area contributed by atoms with Crippen molar-refractivity contribution < 1.29 is 4.79 Å². The zero-order chi connectivity index (χ0) is 18.5. The predicted molar refractivity (Wildman–Crippen MR) is 103 cm³/mol. The maximum atomic E-state index is 12.7. The Morgan fingerprint density at radius 2 is 1.81 bits per heavy atom. The Kier molecular flexibility index (Phi) is 5.12. The zero-order valence-electron chi connectivity index (χ0n) is 14.7. The van der Waals surface area contributed by atoms with Crippen molar-refractivity contribution in [2.24, 2.45) is 0 Å². The molecule has 6 heteroatoms. The van der Waals surface area contributed by atoms with Gasteiger partial charge < -0.3 is 5.32 Å². The molecule has 0 aliphatic rings. The lowest BCUT2D eigenvalue weighted by Crippen LogP contribution is -2.40. The molecule has 2 amide bonds. The molecule has 1 unspecified atom stereocenters. The van der Waals surface area contributed by atoms with Crippen molar-refractivity contribution >= 4 is 17.6 Å². The van der Waals surface area contributed by atoms with Crippen LogP contribution in [-0.4, -0.2) is 27.0 Å². The Morgan fingerprint density at radius 3 is 2.38 bits per heavy atom. The van der Waals surface area contributed by atoms with Crippen molar-refractivity contribution in [3.63, 3.8) is 0 Å². The number of carbonyl (C=O) groups excluding carboxylic acids is 1. The van der Waals surface area contributed by atoms with Crippen molar-refractivity contribution in [2.75, 3.05) is 5.32 Å². The molecule has 2 aromatic carbocycles. The van der Waals surface area contributed by atoms with E-state index in [9.17, 15) is 4.79 Å². The Labute approximate surface area is 152 Å². The van der Waals surface area contributed by atoms with Crippen LogP contribution in [0.25, 0.3) is 11.1 Å². The van der Waals surface area contributed by atoms with E-state index in [1.165, 1.54) is 4.90 Å². The second-order valence-corrected chi connectivity index (χ2v) is 6.04. The maximum Gasteiger partial charge on any atom is 0.327 e. The van der Waals surface area contributed by atoms with Gasteiger partial charge in [-0.15, -0.1) is 0 Å². The summed E-state index contributed by atoms with van der Waals surface area (Å²) >= 11 is 0. The minimum atomic E-state index is -0.329. The molecule has 6 nitrogen and oxygen atoms in total. The lowest BCUT2D eigenvalue weighted by atomic mass is 10.1. The number of carbonyl (C=O) groups is 1. The van der Waals surface area contributed by atoms with Crippen LogP contribution in [0.4, 0.5) is 10.5 Å². The summed E-state index contributed by atoms with van der Waals surface area (Å²) in [5.41, 5.74) is 3.64. The number of amidine groups is 1. The molecule has 132 valence electrons. The number of hydrogen-bond donors (Lipinski definition) is 3. The van der Waals surface area contributed by atoms with Gasteiger partial charge in [-0.2, -0.15) is 5.10 Å². The number of aromatic amines is 1. The molecule has 0 spiro atoms. The number of nitrogens with zero attached hydrogens (tertiary/aromatic N) is 2. The number of aromatic nitrogens is 2. The Bertz CT molecular complexity index is 872. The van der Waals surface area contributed by atoms with Gasteiger partial charge in [0.25, 0.3) is 0 Å². The molecule has 3 N–H and O–H groups in total. The van der Waals surface area contributed by atoms with E-state index in [-0.39, 0.29) is 17.9 Å². The van der Waals surface area contributed by atoms with Crippen molar-refractivity contribution in [2.45, 2.75) is 19.9 Å². The fourth-order valence-electron chi connectivity index (χ4n) is 2.84. The maximum absolute atomic E-state index is 12.7. The van der Waals surface area contributed by atoms with E-state index in [1.807, 2.05) is 67.7 Å². The first-order chi connectivity index (χ1) is 12.6. The number of urea groups is 1. The topological polar surface area (TPSA) is 84.9 Å². The van der Waals surface area contributed by atoms with Gasteiger partial charge in [0, 0.05) is 17.4 Å². The molecule has 1 atom stereocenters. The molecule has 1 aromatic heterocycles. The molecule has 3 aromatic rings. The first kappa shape index (κ1) is 17.4. The summed E-state index contributed by atoms with van der Waals surface area (Å²) in [4.78, 5) is 14.2. The minimum Gasteiger partial charge on any atom is -0.307 e. The van der Waals surface area contributed by atoms with Gasteiger partial charge in [-0.3, -0.25) is 15.4 Å². The first-order valence-corrected chi connectivity index (χ1v) is 8.36. The van der Waals surface area contributed by atoms with E-state index in [2.05, 4.69) is 15.5 Å². The van der Waals surface area contributed by atoms with E-state index in [4.69, 9.17) is 5.41 Å². The van der Waals surface area contributed by atoms with Gasteiger partial charge in [0.15, 0.2) is 0 Å². The normalized spacial score (nSPS) is 11.6. The predicted octanol–water partition coefficient (Wildman–Crippen LogP) is 4.67. The van der Waals surface area contributed by atoms with Crippen molar-refractivity contribution in [3.05, 3.63) is 72.6 Å². The van der Waals surface area contributed by atoms with E-state index >= 15 is 0 Å². The van der Waals surface area contributed by atoms with Crippen LogP contribution < -0.4 is 5.32 Å². The summed E-state index contributed by atoms with van der Waals surface area (Å²) in [5, 5.41) is 17.6. The third-order valence-electron chi connectivity index (χ3n) is 4.22. The van der Waals surface area contributed by atoms with E-state index < -0.39 is 0 Å². The number of nitrogens with one attached hydrogen (secondary N) is 3. The van der Waals surface area contributed by atoms with Crippen molar-refractivity contribution in [3.8, 4) is 11.1 Å². The van der Waals surface area contributed by atoms with Crippen LogP contribution in [0.5, 0.6) is 0 Å². The van der Waals surface area contributed by atoms with Crippen LogP contribution in [0.15, 0.2) is 67.0 Å². The second kappa shape index (κ2) is 7.65. The van der Waals surface area contributed by atoms with Gasteiger partial charge >= 0.3 is 6.03 Å². The first-order valence-electron chi connectivity index (χ1n) is 8.36. The fraction of sp³-hybridized carbons (Fsp3) is 0.150.